The van der Waals surface area contributed by atoms with Crippen molar-refractivity contribution in [2.75, 3.05) is 5.75 Å². The van der Waals surface area contributed by atoms with E-state index in [2.05, 4.69) is 35.3 Å². The number of nitrogens with zero attached hydrogens (tertiary/aromatic N) is 4. The normalized spacial score (nSPS) is 11.5. The monoisotopic (exact) mass is 398 g/mol. The Labute approximate surface area is 169 Å². The van der Waals surface area contributed by atoms with E-state index >= 15 is 0 Å². The van der Waals surface area contributed by atoms with Gasteiger partial charge in [0.25, 0.3) is 5.56 Å². The van der Waals surface area contributed by atoms with E-state index in [9.17, 15) is 9.59 Å². The van der Waals surface area contributed by atoms with Gasteiger partial charge in [-0.25, -0.2) is 9.97 Å². The Morgan fingerprint density at radius 3 is 2.64 bits per heavy atom. The highest BCUT2D eigenvalue weighted by Gasteiger charge is 2.18. The molecule has 0 saturated carbocycles. The number of hydrogen-bond donors (Lipinski definition) is 0. The molecule has 28 heavy (non-hydrogen) atoms. The molecule has 0 atom stereocenters. The van der Waals surface area contributed by atoms with Crippen LogP contribution < -0.4 is 5.56 Å². The zero-order chi connectivity index (χ0) is 20.4. The Balaban J connectivity index is 1.93. The number of fused-ring (bicyclic) bond motifs is 1. The average molecular weight is 399 g/mol. The molecule has 0 aliphatic carbocycles. The number of pyridine rings is 1. The van der Waals surface area contributed by atoms with Crippen molar-refractivity contribution in [1.29, 1.82) is 0 Å². The molecule has 3 aromatic heterocycles. The minimum absolute atomic E-state index is 0.0456. The van der Waals surface area contributed by atoms with Crippen LogP contribution in [0, 0.1) is 19.8 Å². The Morgan fingerprint density at radius 2 is 2.00 bits per heavy atom. The Kier molecular flexibility index (Phi) is 6.03. The molecule has 0 aliphatic rings. The molecule has 0 saturated heterocycles. The predicted octanol–water partition coefficient (Wildman–Crippen LogP) is 3.86. The number of rotatable bonds is 7. The van der Waals surface area contributed by atoms with Gasteiger partial charge in [0.2, 0.25) is 0 Å². The van der Waals surface area contributed by atoms with Crippen LogP contribution in [0.4, 0.5) is 0 Å². The first-order valence-corrected chi connectivity index (χ1v) is 10.5. The minimum Gasteiger partial charge on any atom is -0.349 e. The average Bonchev–Trinajstić information content (AvgIpc) is 2.95. The first-order chi connectivity index (χ1) is 13.3. The summed E-state index contributed by atoms with van der Waals surface area (Å²) in [7, 11) is 0. The molecule has 0 amide bonds. The van der Waals surface area contributed by atoms with Gasteiger partial charge < -0.3 is 4.57 Å². The number of Topliss-reactive ketones (excluding diaryl/α,β-unsaturated/α-hetero) is 1. The molecule has 0 radical (unpaired) electrons. The van der Waals surface area contributed by atoms with E-state index in [0.29, 0.717) is 22.7 Å². The summed E-state index contributed by atoms with van der Waals surface area (Å²) in [5, 5.41) is 1.05. The largest absolute Gasteiger partial charge is 0.349 e. The van der Waals surface area contributed by atoms with Crippen molar-refractivity contribution in [2.45, 2.75) is 52.9 Å². The van der Waals surface area contributed by atoms with Crippen LogP contribution in [-0.4, -0.2) is 30.6 Å². The first kappa shape index (κ1) is 20.3. The summed E-state index contributed by atoms with van der Waals surface area (Å²) in [4.78, 5) is 34.6. The van der Waals surface area contributed by atoms with Gasteiger partial charge in [-0.15, -0.1) is 0 Å². The standard InChI is InChI=1S/C21H26N4O2S/c1-6-24-14(4)10-17(15(24)5)18(26)12-28-21-23-19-16(8-7-9-22-19)20(27)25(21)11-13(2)3/h7-10,13H,6,11-12H2,1-5H3. The van der Waals surface area contributed by atoms with Crippen molar-refractivity contribution >= 4 is 28.6 Å². The van der Waals surface area contributed by atoms with Gasteiger partial charge in [-0.1, -0.05) is 25.6 Å². The van der Waals surface area contributed by atoms with Crippen molar-refractivity contribution in [3.05, 3.63) is 51.7 Å². The highest BCUT2D eigenvalue weighted by molar-refractivity contribution is 7.99. The van der Waals surface area contributed by atoms with Gasteiger partial charge in [0, 0.05) is 36.2 Å². The van der Waals surface area contributed by atoms with E-state index in [4.69, 9.17) is 0 Å². The Hall–Kier alpha value is -2.41. The fourth-order valence-corrected chi connectivity index (χ4v) is 4.33. The van der Waals surface area contributed by atoms with Gasteiger partial charge in [0.05, 0.1) is 11.1 Å². The Morgan fingerprint density at radius 1 is 1.25 bits per heavy atom. The molecule has 0 N–H and O–H groups in total. The number of hydrogen-bond acceptors (Lipinski definition) is 5. The van der Waals surface area contributed by atoms with Crippen molar-refractivity contribution in [3.8, 4) is 0 Å². The van der Waals surface area contributed by atoms with Crippen LogP contribution in [0.15, 0.2) is 34.3 Å². The summed E-state index contributed by atoms with van der Waals surface area (Å²) in [6.07, 6.45) is 1.63. The third kappa shape index (κ3) is 3.90. The second-order valence-corrected chi connectivity index (χ2v) is 8.26. The number of thioether (sulfide) groups is 1. The molecule has 3 aromatic rings. The van der Waals surface area contributed by atoms with Crippen LogP contribution in [-0.2, 0) is 13.1 Å². The number of carbonyl (C=O) groups excluding carboxylic acids is 1. The number of aromatic nitrogens is 4. The second-order valence-electron chi connectivity index (χ2n) is 7.32. The third-order valence-corrected chi connectivity index (χ3v) is 5.74. The zero-order valence-corrected chi connectivity index (χ0v) is 17.8. The maximum Gasteiger partial charge on any atom is 0.263 e. The van der Waals surface area contributed by atoms with E-state index in [-0.39, 0.29) is 23.0 Å². The topological polar surface area (TPSA) is 69.8 Å². The van der Waals surface area contributed by atoms with Crippen LogP contribution in [0.3, 0.4) is 0 Å². The van der Waals surface area contributed by atoms with E-state index < -0.39 is 0 Å². The van der Waals surface area contributed by atoms with Crippen molar-refractivity contribution in [3.63, 3.8) is 0 Å². The number of ketones is 1. The van der Waals surface area contributed by atoms with Gasteiger partial charge in [0.15, 0.2) is 16.6 Å². The van der Waals surface area contributed by atoms with Crippen molar-refractivity contribution < 1.29 is 4.79 Å². The maximum atomic E-state index is 12.9. The lowest BCUT2D eigenvalue weighted by Gasteiger charge is -2.14. The maximum absolute atomic E-state index is 12.9. The minimum atomic E-state index is -0.106. The molecule has 0 aromatic carbocycles. The van der Waals surface area contributed by atoms with Crippen molar-refractivity contribution in [2.24, 2.45) is 5.92 Å². The molecule has 0 fully saturated rings. The molecule has 0 bridgehead atoms. The Bertz CT molecular complexity index is 1080. The SMILES string of the molecule is CCn1c(C)cc(C(=O)CSc2nc3ncccc3c(=O)n2CC(C)C)c1C. The van der Waals surface area contributed by atoms with E-state index in [0.717, 1.165) is 23.5 Å². The molecule has 7 heteroatoms. The van der Waals surface area contributed by atoms with Crippen LogP contribution in [0.5, 0.6) is 0 Å². The highest BCUT2D eigenvalue weighted by atomic mass is 32.2. The molecule has 0 spiro atoms. The molecule has 0 unspecified atom stereocenters. The summed E-state index contributed by atoms with van der Waals surface area (Å²) in [5.74, 6) is 0.563. The van der Waals surface area contributed by atoms with Crippen LogP contribution >= 0.6 is 11.8 Å². The van der Waals surface area contributed by atoms with Gasteiger partial charge in [-0.3, -0.25) is 14.2 Å². The summed E-state index contributed by atoms with van der Waals surface area (Å²) in [6, 6.07) is 5.43. The molecule has 3 heterocycles. The van der Waals surface area contributed by atoms with Crippen LogP contribution in [0.25, 0.3) is 11.0 Å². The van der Waals surface area contributed by atoms with Crippen LogP contribution in [0.2, 0.25) is 0 Å². The smallest absolute Gasteiger partial charge is 0.263 e. The highest BCUT2D eigenvalue weighted by Crippen LogP contribution is 2.22. The fourth-order valence-electron chi connectivity index (χ4n) is 3.45. The predicted molar refractivity (Wildman–Crippen MR) is 113 cm³/mol. The van der Waals surface area contributed by atoms with E-state index in [1.54, 1.807) is 22.9 Å². The summed E-state index contributed by atoms with van der Waals surface area (Å²) in [6.45, 7) is 11.6. The summed E-state index contributed by atoms with van der Waals surface area (Å²) >= 11 is 1.31. The molecule has 148 valence electrons. The molecular weight excluding hydrogens is 372 g/mol. The molecule has 3 rings (SSSR count). The molecular formula is C21H26N4O2S. The lowest BCUT2D eigenvalue weighted by Crippen LogP contribution is -2.26. The summed E-state index contributed by atoms with van der Waals surface area (Å²) < 4.78 is 3.80. The van der Waals surface area contributed by atoms with Gasteiger partial charge in [0.1, 0.15) is 0 Å². The zero-order valence-electron chi connectivity index (χ0n) is 17.0. The molecule has 0 aliphatic heterocycles. The van der Waals surface area contributed by atoms with E-state index in [1.165, 1.54) is 11.8 Å². The number of carbonyl (C=O) groups is 1. The van der Waals surface area contributed by atoms with Gasteiger partial charge in [-0.05, 0) is 44.9 Å². The van der Waals surface area contributed by atoms with Gasteiger partial charge >= 0.3 is 0 Å². The third-order valence-electron chi connectivity index (χ3n) is 4.77. The number of aryl methyl sites for hydroxylation is 1. The van der Waals surface area contributed by atoms with Gasteiger partial charge in [-0.2, -0.15) is 0 Å². The van der Waals surface area contributed by atoms with E-state index in [1.807, 2.05) is 19.9 Å². The fraction of sp³-hybridized carbons (Fsp3) is 0.429. The van der Waals surface area contributed by atoms with Crippen LogP contribution in [0.1, 0.15) is 42.5 Å². The summed E-state index contributed by atoms with van der Waals surface area (Å²) in [5.41, 5.74) is 3.12. The lowest BCUT2D eigenvalue weighted by molar-refractivity contribution is 0.102. The van der Waals surface area contributed by atoms with Crippen molar-refractivity contribution in [1.82, 2.24) is 19.1 Å². The first-order valence-electron chi connectivity index (χ1n) is 9.51. The quantitative estimate of drug-likeness (QED) is 0.343. The lowest BCUT2D eigenvalue weighted by atomic mass is 10.2. The molecule has 6 nitrogen and oxygen atoms in total. The second kappa shape index (κ2) is 8.31.